The number of hydrogen-bond acceptors (Lipinski definition) is 7. The minimum atomic E-state index is -1.28. The average molecular weight is 398 g/mol. The van der Waals surface area contributed by atoms with E-state index in [4.69, 9.17) is 16.6 Å². The minimum absolute atomic E-state index is 0.0000548. The summed E-state index contributed by atoms with van der Waals surface area (Å²) in [5.74, 6) is -3.73. The number of carboxylic acids is 1. The van der Waals surface area contributed by atoms with Crippen LogP contribution in [-0.2, 0) is 25.6 Å². The lowest BCUT2D eigenvalue weighted by Gasteiger charge is -2.22. The summed E-state index contributed by atoms with van der Waals surface area (Å²) in [6.45, 7) is 0. The van der Waals surface area contributed by atoms with E-state index in [2.05, 4.69) is 23.3 Å². The summed E-state index contributed by atoms with van der Waals surface area (Å²) >= 11 is 3.87. The molecule has 0 spiro atoms. The first-order valence-electron chi connectivity index (χ1n) is 7.90. The Morgan fingerprint density at radius 2 is 1.59 bits per heavy atom. The highest BCUT2D eigenvalue weighted by molar-refractivity contribution is 7.80. The number of phenolic OH excluding ortho intramolecular Hbond substituents is 1. The minimum Gasteiger partial charge on any atom is -0.508 e. The summed E-state index contributed by atoms with van der Waals surface area (Å²) in [5.41, 5.74) is 11.2. The fourth-order valence-corrected chi connectivity index (χ4v) is 2.37. The van der Waals surface area contributed by atoms with Crippen molar-refractivity contribution in [2.75, 3.05) is 5.75 Å². The molecule has 1 aromatic rings. The molecule has 8 N–H and O–H groups in total. The number of nitrogens with two attached hydrogens (primary N) is 2. The van der Waals surface area contributed by atoms with Crippen LogP contribution in [0, 0.1) is 0 Å². The van der Waals surface area contributed by atoms with Gasteiger partial charge in [0.15, 0.2) is 0 Å². The zero-order valence-electron chi connectivity index (χ0n) is 14.3. The number of carboxylic acid groups (broad SMARTS) is 1. The molecular weight excluding hydrogens is 376 g/mol. The molecule has 10 nitrogen and oxygen atoms in total. The summed E-state index contributed by atoms with van der Waals surface area (Å²) in [4.78, 5) is 46.6. The van der Waals surface area contributed by atoms with E-state index in [-0.39, 0.29) is 17.9 Å². The van der Waals surface area contributed by atoms with Crippen molar-refractivity contribution >= 4 is 36.3 Å². The van der Waals surface area contributed by atoms with E-state index in [0.29, 0.717) is 5.56 Å². The van der Waals surface area contributed by atoms with E-state index in [1.807, 2.05) is 0 Å². The molecule has 3 atom stereocenters. The first-order valence-corrected chi connectivity index (χ1v) is 8.53. The summed E-state index contributed by atoms with van der Waals surface area (Å²) < 4.78 is 0. The quantitative estimate of drug-likeness (QED) is 0.225. The Hall–Kier alpha value is -2.79. The van der Waals surface area contributed by atoms with Gasteiger partial charge in [-0.3, -0.25) is 14.4 Å². The number of nitrogens with one attached hydrogen (secondary N) is 2. The molecule has 0 aliphatic heterocycles. The Labute approximate surface area is 160 Å². The highest BCUT2D eigenvalue weighted by Gasteiger charge is 2.28. The summed E-state index contributed by atoms with van der Waals surface area (Å²) in [6.07, 6.45) is -0.409. The number of hydrogen-bond donors (Lipinski definition) is 7. The topological polar surface area (TPSA) is 185 Å². The number of benzene rings is 1. The summed E-state index contributed by atoms with van der Waals surface area (Å²) in [5, 5.41) is 23.0. The van der Waals surface area contributed by atoms with Crippen LogP contribution >= 0.6 is 12.6 Å². The van der Waals surface area contributed by atoms with Crippen molar-refractivity contribution in [3.63, 3.8) is 0 Å². The Kier molecular flexibility index (Phi) is 8.56. The molecule has 27 heavy (non-hydrogen) atoms. The predicted octanol–water partition coefficient (Wildman–Crippen LogP) is -1.88. The molecule has 0 fully saturated rings. The zero-order valence-corrected chi connectivity index (χ0v) is 15.2. The second-order valence-corrected chi connectivity index (χ2v) is 6.16. The van der Waals surface area contributed by atoms with Gasteiger partial charge < -0.3 is 32.3 Å². The first kappa shape index (κ1) is 22.3. The Balaban J connectivity index is 2.95. The van der Waals surface area contributed by atoms with Crippen LogP contribution in [0.2, 0.25) is 0 Å². The van der Waals surface area contributed by atoms with Gasteiger partial charge in [-0.15, -0.1) is 0 Å². The maximum atomic E-state index is 12.5. The van der Waals surface area contributed by atoms with E-state index < -0.39 is 48.2 Å². The molecule has 1 aromatic carbocycles. The Bertz CT molecular complexity index is 697. The standard InChI is InChI=1S/C16H22N4O6S/c17-10(6-13(18)22)14(23)19-11(5-8-1-3-9(21)4-2-8)15(24)20-12(7-27)16(25)26/h1-4,10-12,21,27H,5-7,17H2,(H2,18,22)(H,19,23)(H,20,24)(H,25,26)/t10-,11-,12-/m0/s1. The van der Waals surface area contributed by atoms with Crippen LogP contribution in [-0.4, -0.2) is 57.8 Å². The van der Waals surface area contributed by atoms with Crippen molar-refractivity contribution in [2.24, 2.45) is 11.5 Å². The second-order valence-electron chi connectivity index (χ2n) is 5.79. The van der Waals surface area contributed by atoms with Gasteiger partial charge in [0.05, 0.1) is 12.5 Å². The molecule has 0 saturated heterocycles. The number of carbonyl (C=O) groups is 4. The Morgan fingerprint density at radius 3 is 2.07 bits per heavy atom. The van der Waals surface area contributed by atoms with Gasteiger partial charge in [0.25, 0.3) is 0 Å². The van der Waals surface area contributed by atoms with Gasteiger partial charge in [-0.25, -0.2) is 4.79 Å². The monoisotopic (exact) mass is 398 g/mol. The maximum Gasteiger partial charge on any atom is 0.327 e. The van der Waals surface area contributed by atoms with E-state index in [0.717, 1.165) is 0 Å². The van der Waals surface area contributed by atoms with E-state index in [1.54, 1.807) is 12.1 Å². The third-order valence-corrected chi connectivity index (χ3v) is 3.93. The van der Waals surface area contributed by atoms with Crippen LogP contribution in [0.15, 0.2) is 24.3 Å². The van der Waals surface area contributed by atoms with Crippen LogP contribution in [0.3, 0.4) is 0 Å². The molecule has 0 aliphatic carbocycles. The van der Waals surface area contributed by atoms with Gasteiger partial charge in [-0.2, -0.15) is 12.6 Å². The van der Waals surface area contributed by atoms with Crippen molar-refractivity contribution in [3.8, 4) is 5.75 Å². The van der Waals surface area contributed by atoms with Crippen LogP contribution in [0.25, 0.3) is 0 Å². The molecule has 0 unspecified atom stereocenters. The van der Waals surface area contributed by atoms with Crippen molar-refractivity contribution in [3.05, 3.63) is 29.8 Å². The molecule has 0 heterocycles. The number of primary amides is 1. The molecule has 0 radical (unpaired) electrons. The molecule has 148 valence electrons. The number of carbonyl (C=O) groups excluding carboxylic acids is 3. The molecule has 0 bridgehead atoms. The van der Waals surface area contributed by atoms with Gasteiger partial charge in [0.2, 0.25) is 17.7 Å². The lowest BCUT2D eigenvalue weighted by molar-refractivity contribution is -0.141. The molecule has 1 rings (SSSR count). The third kappa shape index (κ3) is 7.54. The van der Waals surface area contributed by atoms with Crippen molar-refractivity contribution in [1.29, 1.82) is 0 Å². The van der Waals surface area contributed by atoms with E-state index in [9.17, 15) is 24.3 Å². The normalized spacial score (nSPS) is 13.9. The largest absolute Gasteiger partial charge is 0.508 e. The van der Waals surface area contributed by atoms with Crippen molar-refractivity contribution in [2.45, 2.75) is 31.0 Å². The molecule has 3 amide bonds. The van der Waals surface area contributed by atoms with E-state index >= 15 is 0 Å². The van der Waals surface area contributed by atoms with Crippen molar-refractivity contribution in [1.82, 2.24) is 10.6 Å². The van der Waals surface area contributed by atoms with Crippen molar-refractivity contribution < 1.29 is 29.4 Å². The second kappa shape index (κ2) is 10.4. The number of rotatable bonds is 10. The van der Waals surface area contributed by atoms with Gasteiger partial charge in [-0.1, -0.05) is 12.1 Å². The molecular formula is C16H22N4O6S. The molecule has 0 aliphatic rings. The average Bonchev–Trinajstić information content (AvgIpc) is 2.59. The van der Waals surface area contributed by atoms with Gasteiger partial charge >= 0.3 is 5.97 Å². The van der Waals surface area contributed by atoms with E-state index in [1.165, 1.54) is 12.1 Å². The van der Waals surface area contributed by atoms with Crippen LogP contribution in [0.5, 0.6) is 5.75 Å². The number of thiol groups is 1. The lowest BCUT2D eigenvalue weighted by atomic mass is 10.0. The predicted molar refractivity (Wildman–Crippen MR) is 98.9 cm³/mol. The fraction of sp³-hybridized carbons (Fsp3) is 0.375. The number of aromatic hydroxyl groups is 1. The number of aliphatic carboxylic acids is 1. The smallest absolute Gasteiger partial charge is 0.327 e. The SMILES string of the molecule is NC(=O)C[C@H](N)C(=O)N[C@@H](Cc1ccc(O)cc1)C(=O)N[C@@H](CS)C(=O)O. The zero-order chi connectivity index (χ0) is 20.6. The first-order chi connectivity index (χ1) is 12.6. The third-order valence-electron chi connectivity index (χ3n) is 3.56. The highest BCUT2D eigenvalue weighted by Crippen LogP contribution is 2.12. The van der Waals surface area contributed by atoms with Crippen LogP contribution in [0.1, 0.15) is 12.0 Å². The van der Waals surface area contributed by atoms with Gasteiger partial charge in [-0.05, 0) is 17.7 Å². The number of phenols is 1. The van der Waals surface area contributed by atoms with Crippen LogP contribution < -0.4 is 22.1 Å². The molecule has 0 aromatic heterocycles. The lowest BCUT2D eigenvalue weighted by Crippen LogP contribution is -2.56. The highest BCUT2D eigenvalue weighted by atomic mass is 32.1. The maximum absolute atomic E-state index is 12.5. The Morgan fingerprint density at radius 1 is 1.04 bits per heavy atom. The number of amides is 3. The summed E-state index contributed by atoms with van der Waals surface area (Å²) in [7, 11) is 0. The molecule has 11 heteroatoms. The molecule has 0 saturated carbocycles. The van der Waals surface area contributed by atoms with Gasteiger partial charge in [0.1, 0.15) is 17.8 Å². The van der Waals surface area contributed by atoms with Crippen LogP contribution in [0.4, 0.5) is 0 Å². The fourth-order valence-electron chi connectivity index (χ4n) is 2.12. The summed E-state index contributed by atoms with van der Waals surface area (Å²) in [6, 6.07) is 2.22. The van der Waals surface area contributed by atoms with Gasteiger partial charge in [0, 0.05) is 12.2 Å².